The average molecular weight is 408 g/mol. The molecule has 0 radical (unpaired) electrons. The van der Waals surface area contributed by atoms with E-state index in [9.17, 15) is 9.90 Å². The first-order valence-electron chi connectivity index (χ1n) is 9.12. The van der Waals surface area contributed by atoms with Crippen LogP contribution in [-0.4, -0.2) is 34.5 Å². The summed E-state index contributed by atoms with van der Waals surface area (Å²) >= 11 is 1.44. The lowest BCUT2D eigenvalue weighted by Crippen LogP contribution is -2.30. The minimum absolute atomic E-state index is 0.0615. The number of hydrogen-bond acceptors (Lipinski definition) is 6. The van der Waals surface area contributed by atoms with Crippen molar-refractivity contribution in [2.24, 2.45) is 0 Å². The number of methoxy groups -OCH3 is 1. The van der Waals surface area contributed by atoms with Crippen molar-refractivity contribution in [2.45, 2.75) is 12.6 Å². The molecule has 2 heterocycles. The van der Waals surface area contributed by atoms with E-state index in [0.29, 0.717) is 16.0 Å². The molecule has 6 nitrogen and oxygen atoms in total. The van der Waals surface area contributed by atoms with Gasteiger partial charge in [0, 0.05) is 10.9 Å². The fraction of sp³-hybridized carbons (Fsp3) is 0.182. The summed E-state index contributed by atoms with van der Waals surface area (Å²) in [5.74, 6) is 1.35. The monoisotopic (exact) mass is 408 g/mol. The smallest absolute Gasteiger partial charge is 0.262 e. The molecule has 0 unspecified atom stereocenters. The molecule has 148 valence electrons. The van der Waals surface area contributed by atoms with E-state index < -0.39 is 6.10 Å². The lowest BCUT2D eigenvalue weighted by atomic mass is 10.1. The van der Waals surface area contributed by atoms with Crippen molar-refractivity contribution in [3.8, 4) is 22.6 Å². The van der Waals surface area contributed by atoms with Gasteiger partial charge in [0.15, 0.2) is 0 Å². The molecule has 0 saturated heterocycles. The molecule has 0 aliphatic rings. The van der Waals surface area contributed by atoms with Gasteiger partial charge in [-0.25, -0.2) is 4.98 Å². The highest BCUT2D eigenvalue weighted by Crippen LogP contribution is 2.30. The molecular weight excluding hydrogens is 388 g/mol. The molecule has 0 fully saturated rings. The van der Waals surface area contributed by atoms with Crippen molar-refractivity contribution in [3.63, 3.8) is 0 Å². The van der Waals surface area contributed by atoms with Crippen molar-refractivity contribution in [1.82, 2.24) is 9.55 Å². The average Bonchev–Trinajstić information content (AvgIpc) is 3.20. The number of fused-ring (bicyclic) bond motifs is 1. The highest BCUT2D eigenvalue weighted by Gasteiger charge is 2.15. The van der Waals surface area contributed by atoms with Gasteiger partial charge < -0.3 is 14.6 Å². The zero-order valence-electron chi connectivity index (χ0n) is 15.8. The third-order valence-corrected chi connectivity index (χ3v) is 5.44. The number of hydrogen-bond donors (Lipinski definition) is 1. The van der Waals surface area contributed by atoms with E-state index in [0.717, 1.165) is 16.9 Å². The topological polar surface area (TPSA) is 73.6 Å². The highest BCUT2D eigenvalue weighted by molar-refractivity contribution is 7.17. The molecule has 0 spiro atoms. The number of aliphatic hydroxyl groups excluding tert-OH is 1. The van der Waals surface area contributed by atoms with Crippen LogP contribution in [0.3, 0.4) is 0 Å². The quantitative estimate of drug-likeness (QED) is 0.506. The number of nitrogens with zero attached hydrogens (tertiary/aromatic N) is 2. The van der Waals surface area contributed by atoms with Gasteiger partial charge in [-0.05, 0) is 29.8 Å². The molecule has 4 rings (SSSR count). The van der Waals surface area contributed by atoms with Crippen molar-refractivity contribution < 1.29 is 14.6 Å². The molecule has 2 aromatic heterocycles. The second-order valence-corrected chi connectivity index (χ2v) is 7.40. The Kier molecular flexibility index (Phi) is 5.59. The molecule has 0 aliphatic heterocycles. The van der Waals surface area contributed by atoms with Crippen LogP contribution < -0.4 is 15.0 Å². The Hall–Kier alpha value is -3.16. The summed E-state index contributed by atoms with van der Waals surface area (Å²) in [7, 11) is 1.60. The molecule has 4 aromatic rings. The van der Waals surface area contributed by atoms with Gasteiger partial charge in [-0.2, -0.15) is 0 Å². The predicted octanol–water partition coefficient (Wildman–Crippen LogP) is 3.57. The van der Waals surface area contributed by atoms with Gasteiger partial charge in [0.25, 0.3) is 5.56 Å². The van der Waals surface area contributed by atoms with Gasteiger partial charge in [-0.3, -0.25) is 9.36 Å². The van der Waals surface area contributed by atoms with Gasteiger partial charge in [0.2, 0.25) is 0 Å². The van der Waals surface area contributed by atoms with Crippen molar-refractivity contribution in [1.29, 1.82) is 0 Å². The van der Waals surface area contributed by atoms with Crippen LogP contribution >= 0.6 is 11.3 Å². The zero-order valence-corrected chi connectivity index (χ0v) is 16.6. The maximum atomic E-state index is 13.0. The SMILES string of the molecule is COc1ccc(OC[C@@H](O)Cn2cnc3scc(-c4ccccc4)c3c2=O)cc1. The molecule has 2 aromatic carbocycles. The standard InChI is InChI=1S/C22H20N2O4S/c1-27-17-7-9-18(10-8-17)28-12-16(25)11-24-14-23-21-20(22(24)26)19(13-29-21)15-5-3-2-4-6-15/h2-10,13-14,16,25H,11-12H2,1H3/t16-/m0/s1. The lowest BCUT2D eigenvalue weighted by Gasteiger charge is -2.14. The van der Waals surface area contributed by atoms with E-state index in [1.165, 1.54) is 22.2 Å². The molecule has 0 amide bonds. The van der Waals surface area contributed by atoms with E-state index in [1.54, 1.807) is 31.4 Å². The van der Waals surface area contributed by atoms with Crippen LogP contribution in [0.4, 0.5) is 0 Å². The second kappa shape index (κ2) is 8.46. The number of rotatable bonds is 7. The lowest BCUT2D eigenvalue weighted by molar-refractivity contribution is 0.0914. The van der Waals surface area contributed by atoms with Gasteiger partial charge in [0.1, 0.15) is 29.0 Å². The Morgan fingerprint density at radius 1 is 1.10 bits per heavy atom. The molecule has 0 saturated carbocycles. The van der Waals surface area contributed by atoms with Crippen molar-refractivity contribution >= 4 is 21.6 Å². The van der Waals surface area contributed by atoms with Crippen LogP contribution in [0.2, 0.25) is 0 Å². The Bertz CT molecular complexity index is 1150. The molecule has 0 bridgehead atoms. The Balaban J connectivity index is 1.51. The van der Waals surface area contributed by atoms with Gasteiger partial charge in [0.05, 0.1) is 25.4 Å². The van der Waals surface area contributed by atoms with Crippen LogP contribution in [0.5, 0.6) is 11.5 Å². The molecule has 1 atom stereocenters. The minimum Gasteiger partial charge on any atom is -0.497 e. The second-order valence-electron chi connectivity index (χ2n) is 6.54. The maximum absolute atomic E-state index is 13.0. The summed E-state index contributed by atoms with van der Waals surface area (Å²) in [6.45, 7) is 0.161. The highest BCUT2D eigenvalue weighted by atomic mass is 32.1. The summed E-state index contributed by atoms with van der Waals surface area (Å²) in [6.07, 6.45) is 0.625. The van der Waals surface area contributed by atoms with Crippen LogP contribution in [0.1, 0.15) is 0 Å². The van der Waals surface area contributed by atoms with Crippen LogP contribution in [0.25, 0.3) is 21.3 Å². The van der Waals surface area contributed by atoms with E-state index >= 15 is 0 Å². The third kappa shape index (κ3) is 4.16. The molecule has 1 N–H and O–H groups in total. The Morgan fingerprint density at radius 2 is 1.83 bits per heavy atom. The molecule has 0 aliphatic carbocycles. The first-order valence-corrected chi connectivity index (χ1v) is 10.0. The van der Waals surface area contributed by atoms with E-state index in [1.807, 2.05) is 35.7 Å². The van der Waals surface area contributed by atoms with Crippen LogP contribution in [0, 0.1) is 0 Å². The van der Waals surface area contributed by atoms with Crippen molar-refractivity contribution in [2.75, 3.05) is 13.7 Å². The molecular formula is C22H20N2O4S. The summed E-state index contributed by atoms with van der Waals surface area (Å²) < 4.78 is 12.1. The van der Waals surface area contributed by atoms with Gasteiger partial charge in [-0.15, -0.1) is 11.3 Å². The Morgan fingerprint density at radius 3 is 2.55 bits per heavy atom. The number of aromatic nitrogens is 2. The largest absolute Gasteiger partial charge is 0.497 e. The summed E-state index contributed by atoms with van der Waals surface area (Å²) in [4.78, 5) is 18.1. The predicted molar refractivity (Wildman–Crippen MR) is 114 cm³/mol. The number of ether oxygens (including phenoxy) is 2. The first-order chi connectivity index (χ1) is 14.2. The van der Waals surface area contributed by atoms with Crippen LogP contribution in [0.15, 0.2) is 71.1 Å². The van der Waals surface area contributed by atoms with Crippen molar-refractivity contribution in [3.05, 3.63) is 76.7 Å². The zero-order chi connectivity index (χ0) is 20.2. The summed E-state index contributed by atoms with van der Waals surface area (Å²) in [5.41, 5.74) is 1.67. The fourth-order valence-corrected chi connectivity index (χ4v) is 3.98. The van der Waals surface area contributed by atoms with E-state index in [4.69, 9.17) is 9.47 Å². The van der Waals surface area contributed by atoms with E-state index in [2.05, 4.69) is 4.98 Å². The van der Waals surface area contributed by atoms with Gasteiger partial charge in [-0.1, -0.05) is 30.3 Å². The normalized spacial score (nSPS) is 12.1. The minimum atomic E-state index is -0.854. The number of thiophene rings is 1. The van der Waals surface area contributed by atoms with E-state index in [-0.39, 0.29) is 18.7 Å². The van der Waals surface area contributed by atoms with Crippen LogP contribution in [-0.2, 0) is 6.54 Å². The maximum Gasteiger partial charge on any atom is 0.262 e. The molecule has 7 heteroatoms. The first kappa shape index (κ1) is 19.2. The summed E-state index contributed by atoms with van der Waals surface area (Å²) in [6, 6.07) is 16.9. The number of benzene rings is 2. The molecule has 29 heavy (non-hydrogen) atoms. The Labute approximate surface area is 171 Å². The number of aliphatic hydroxyl groups is 1. The summed E-state index contributed by atoms with van der Waals surface area (Å²) in [5, 5.41) is 12.9. The fourth-order valence-electron chi connectivity index (χ4n) is 3.07. The third-order valence-electron chi connectivity index (χ3n) is 4.55. The van der Waals surface area contributed by atoms with Gasteiger partial charge >= 0.3 is 0 Å².